The van der Waals surface area contributed by atoms with Crippen molar-refractivity contribution in [2.75, 3.05) is 12.4 Å². The average Bonchev–Trinajstić information content (AvgIpc) is 2.90. The first kappa shape index (κ1) is 14.4. The summed E-state index contributed by atoms with van der Waals surface area (Å²) in [4.78, 5) is 4.73. The van der Waals surface area contributed by atoms with Crippen molar-refractivity contribution in [1.82, 2.24) is 9.55 Å². The number of rotatable bonds is 6. The van der Waals surface area contributed by atoms with E-state index in [0.717, 1.165) is 47.8 Å². The van der Waals surface area contributed by atoms with E-state index in [0.29, 0.717) is 0 Å². The molecule has 0 bridgehead atoms. The number of methoxy groups -OCH3 is 1. The third-order valence-electron chi connectivity index (χ3n) is 3.74. The lowest BCUT2D eigenvalue weighted by Gasteiger charge is -2.12. The van der Waals surface area contributed by atoms with Crippen LogP contribution in [0.1, 0.15) is 19.8 Å². The van der Waals surface area contributed by atoms with Crippen molar-refractivity contribution in [3.05, 3.63) is 48.5 Å². The minimum absolute atomic E-state index is 0.816. The lowest BCUT2D eigenvalue weighted by atomic mass is 10.3. The number of benzene rings is 2. The van der Waals surface area contributed by atoms with Crippen molar-refractivity contribution in [3.63, 3.8) is 0 Å². The molecule has 1 heterocycles. The van der Waals surface area contributed by atoms with Gasteiger partial charge < -0.3 is 14.6 Å². The normalized spacial score (nSPS) is 10.8. The number of ether oxygens (including phenoxy) is 1. The van der Waals surface area contributed by atoms with Gasteiger partial charge in [-0.2, -0.15) is 0 Å². The second kappa shape index (κ2) is 6.52. The van der Waals surface area contributed by atoms with Crippen molar-refractivity contribution >= 4 is 22.7 Å². The van der Waals surface area contributed by atoms with Crippen LogP contribution in [0.5, 0.6) is 5.75 Å². The van der Waals surface area contributed by atoms with Crippen LogP contribution in [0.4, 0.5) is 11.6 Å². The van der Waals surface area contributed by atoms with E-state index in [1.807, 2.05) is 36.4 Å². The molecular formula is C18H21N3O. The minimum Gasteiger partial charge on any atom is -0.495 e. The third-order valence-corrected chi connectivity index (χ3v) is 3.74. The van der Waals surface area contributed by atoms with Gasteiger partial charge in [-0.1, -0.05) is 37.6 Å². The SMILES string of the molecule is CCCCn1c(Nc2ccccc2OC)nc2ccccc21. The predicted octanol–water partition coefficient (Wildman–Crippen LogP) is 4.59. The summed E-state index contributed by atoms with van der Waals surface area (Å²) in [6.45, 7) is 3.15. The first-order valence-corrected chi connectivity index (χ1v) is 7.68. The molecule has 0 radical (unpaired) electrons. The van der Waals surface area contributed by atoms with Crippen LogP contribution in [0.25, 0.3) is 11.0 Å². The van der Waals surface area contributed by atoms with Gasteiger partial charge in [-0.3, -0.25) is 0 Å². The van der Waals surface area contributed by atoms with E-state index in [-0.39, 0.29) is 0 Å². The Morgan fingerprint density at radius 1 is 1.09 bits per heavy atom. The van der Waals surface area contributed by atoms with Crippen LogP contribution in [0.3, 0.4) is 0 Å². The molecule has 3 aromatic rings. The Balaban J connectivity index is 2.02. The second-order valence-corrected chi connectivity index (χ2v) is 5.25. The van der Waals surface area contributed by atoms with Gasteiger partial charge >= 0.3 is 0 Å². The number of fused-ring (bicyclic) bond motifs is 1. The number of anilines is 2. The highest BCUT2D eigenvalue weighted by Crippen LogP contribution is 2.29. The van der Waals surface area contributed by atoms with Crippen LogP contribution in [0, 0.1) is 0 Å². The quantitative estimate of drug-likeness (QED) is 0.723. The molecule has 0 atom stereocenters. The smallest absolute Gasteiger partial charge is 0.208 e. The summed E-state index contributed by atoms with van der Waals surface area (Å²) in [6, 6.07) is 16.1. The van der Waals surface area contributed by atoms with Crippen LogP contribution in [-0.4, -0.2) is 16.7 Å². The summed E-state index contributed by atoms with van der Waals surface area (Å²) < 4.78 is 7.65. The first-order chi connectivity index (χ1) is 10.8. The third kappa shape index (κ3) is 2.77. The van der Waals surface area contributed by atoms with Crippen molar-refractivity contribution in [2.24, 2.45) is 0 Å². The van der Waals surface area contributed by atoms with E-state index >= 15 is 0 Å². The zero-order valence-electron chi connectivity index (χ0n) is 13.0. The van der Waals surface area contributed by atoms with E-state index in [4.69, 9.17) is 9.72 Å². The zero-order valence-corrected chi connectivity index (χ0v) is 13.0. The average molecular weight is 295 g/mol. The highest BCUT2D eigenvalue weighted by atomic mass is 16.5. The molecule has 22 heavy (non-hydrogen) atoms. The molecule has 0 aliphatic rings. The van der Waals surface area contributed by atoms with Gasteiger partial charge in [0.05, 0.1) is 23.8 Å². The number of hydrogen-bond acceptors (Lipinski definition) is 3. The Bertz CT molecular complexity index is 764. The molecule has 0 spiro atoms. The fourth-order valence-electron chi connectivity index (χ4n) is 2.58. The molecule has 3 rings (SSSR count). The molecule has 0 saturated carbocycles. The topological polar surface area (TPSA) is 39.1 Å². The summed E-state index contributed by atoms with van der Waals surface area (Å²) >= 11 is 0. The maximum atomic E-state index is 5.41. The molecule has 1 aromatic heterocycles. The minimum atomic E-state index is 0.816. The largest absolute Gasteiger partial charge is 0.495 e. The Labute approximate surface area is 130 Å². The molecule has 4 heteroatoms. The molecule has 0 saturated heterocycles. The molecule has 114 valence electrons. The number of nitrogens with zero attached hydrogens (tertiary/aromatic N) is 2. The molecule has 1 N–H and O–H groups in total. The van der Waals surface area contributed by atoms with Crippen LogP contribution >= 0.6 is 0 Å². The van der Waals surface area contributed by atoms with E-state index < -0.39 is 0 Å². The zero-order chi connectivity index (χ0) is 15.4. The number of imidazole rings is 1. The standard InChI is InChI=1S/C18H21N3O/c1-3-4-13-21-16-11-7-5-9-14(16)19-18(21)20-15-10-6-8-12-17(15)22-2/h5-12H,3-4,13H2,1-2H3,(H,19,20). The highest BCUT2D eigenvalue weighted by Gasteiger charge is 2.11. The van der Waals surface area contributed by atoms with Gasteiger partial charge in [0.1, 0.15) is 5.75 Å². The molecule has 0 amide bonds. The van der Waals surface area contributed by atoms with E-state index in [1.54, 1.807) is 7.11 Å². The van der Waals surface area contributed by atoms with Crippen molar-refractivity contribution in [1.29, 1.82) is 0 Å². The lowest BCUT2D eigenvalue weighted by Crippen LogP contribution is -2.04. The van der Waals surface area contributed by atoms with Crippen molar-refractivity contribution in [3.8, 4) is 5.75 Å². The van der Waals surface area contributed by atoms with Gasteiger partial charge in [0.2, 0.25) is 5.95 Å². The number of aromatic nitrogens is 2. The van der Waals surface area contributed by atoms with Crippen LogP contribution in [0.15, 0.2) is 48.5 Å². The highest BCUT2D eigenvalue weighted by molar-refractivity contribution is 5.80. The van der Waals surface area contributed by atoms with Crippen LogP contribution < -0.4 is 10.1 Å². The van der Waals surface area contributed by atoms with Gasteiger partial charge in [0.15, 0.2) is 0 Å². The Hall–Kier alpha value is -2.49. The first-order valence-electron chi connectivity index (χ1n) is 7.68. The summed E-state index contributed by atoms with van der Waals surface area (Å²) in [7, 11) is 1.68. The molecule has 0 fully saturated rings. The fraction of sp³-hybridized carbons (Fsp3) is 0.278. The summed E-state index contributed by atoms with van der Waals surface area (Å²) in [6.07, 6.45) is 2.28. The molecule has 4 nitrogen and oxygen atoms in total. The maximum Gasteiger partial charge on any atom is 0.208 e. The van der Waals surface area contributed by atoms with Gasteiger partial charge in [-0.05, 0) is 30.7 Å². The molecule has 0 unspecified atom stereocenters. The number of unbranched alkanes of at least 4 members (excludes halogenated alkanes) is 1. The Morgan fingerprint density at radius 2 is 1.86 bits per heavy atom. The summed E-state index contributed by atoms with van der Waals surface area (Å²) in [5, 5.41) is 3.42. The van der Waals surface area contributed by atoms with E-state index in [2.05, 4.69) is 28.9 Å². The van der Waals surface area contributed by atoms with Crippen molar-refractivity contribution in [2.45, 2.75) is 26.3 Å². The Kier molecular flexibility index (Phi) is 4.28. The van der Waals surface area contributed by atoms with Crippen LogP contribution in [-0.2, 0) is 6.54 Å². The van der Waals surface area contributed by atoms with Gasteiger partial charge in [-0.15, -0.1) is 0 Å². The maximum absolute atomic E-state index is 5.41. The number of hydrogen-bond donors (Lipinski definition) is 1. The lowest BCUT2D eigenvalue weighted by molar-refractivity contribution is 0.416. The van der Waals surface area contributed by atoms with Crippen LogP contribution in [0.2, 0.25) is 0 Å². The van der Waals surface area contributed by atoms with Gasteiger partial charge in [0.25, 0.3) is 0 Å². The molecule has 0 aliphatic heterocycles. The Morgan fingerprint density at radius 3 is 2.68 bits per heavy atom. The number of para-hydroxylation sites is 4. The predicted molar refractivity (Wildman–Crippen MR) is 90.9 cm³/mol. The summed E-state index contributed by atoms with van der Waals surface area (Å²) in [5.41, 5.74) is 3.10. The fourth-order valence-corrected chi connectivity index (χ4v) is 2.58. The molecule has 0 aliphatic carbocycles. The monoisotopic (exact) mass is 295 g/mol. The summed E-state index contributed by atoms with van der Waals surface area (Å²) in [5.74, 6) is 1.68. The van der Waals surface area contributed by atoms with Crippen molar-refractivity contribution < 1.29 is 4.74 Å². The van der Waals surface area contributed by atoms with E-state index in [1.165, 1.54) is 0 Å². The molecule has 2 aromatic carbocycles. The second-order valence-electron chi connectivity index (χ2n) is 5.25. The molecular weight excluding hydrogens is 274 g/mol. The van der Waals surface area contributed by atoms with Gasteiger partial charge in [0, 0.05) is 6.54 Å². The van der Waals surface area contributed by atoms with E-state index in [9.17, 15) is 0 Å². The number of nitrogens with one attached hydrogen (secondary N) is 1. The van der Waals surface area contributed by atoms with Gasteiger partial charge in [-0.25, -0.2) is 4.98 Å². The number of aryl methyl sites for hydroxylation is 1.